The van der Waals surface area contributed by atoms with E-state index in [1.807, 2.05) is 25.2 Å². The number of nitrogens with one attached hydrogen (secondary N) is 1. The number of hydrogen-bond donors (Lipinski definition) is 2. The molecule has 1 saturated heterocycles. The monoisotopic (exact) mass is 276 g/mol. The molecule has 0 bridgehead atoms. The molecule has 1 heterocycles. The molecule has 1 aromatic rings. The number of nitrogens with zero attached hydrogens (tertiary/aromatic N) is 1. The minimum Gasteiger partial charge on any atom is -0.481 e. The van der Waals surface area contributed by atoms with Gasteiger partial charge in [0, 0.05) is 19.1 Å². The Morgan fingerprint density at radius 2 is 2.10 bits per heavy atom. The van der Waals surface area contributed by atoms with Crippen LogP contribution < -0.4 is 5.32 Å². The van der Waals surface area contributed by atoms with Gasteiger partial charge in [-0.05, 0) is 37.6 Å². The van der Waals surface area contributed by atoms with E-state index < -0.39 is 5.97 Å². The average Bonchev–Trinajstić information content (AvgIpc) is 2.43. The molecule has 2 N–H and O–H groups in total. The molecule has 1 fully saturated rings. The van der Waals surface area contributed by atoms with E-state index in [-0.39, 0.29) is 6.42 Å². The predicted molar refractivity (Wildman–Crippen MR) is 79.8 cm³/mol. The topological polar surface area (TPSA) is 52.6 Å². The van der Waals surface area contributed by atoms with Crippen LogP contribution in [0.3, 0.4) is 0 Å². The number of likely N-dealkylation sites (tertiary alicyclic amines) is 1. The second kappa shape index (κ2) is 7.41. The van der Waals surface area contributed by atoms with Gasteiger partial charge >= 0.3 is 5.97 Å². The Kier molecular flexibility index (Phi) is 5.56. The molecule has 1 unspecified atom stereocenters. The molecular formula is C16H24N2O2. The molecule has 0 spiro atoms. The van der Waals surface area contributed by atoms with Crippen LogP contribution in [0.2, 0.25) is 0 Å². The first-order chi connectivity index (χ1) is 9.70. The van der Waals surface area contributed by atoms with Gasteiger partial charge in [0.05, 0.1) is 6.42 Å². The van der Waals surface area contributed by atoms with Gasteiger partial charge in [0.1, 0.15) is 0 Å². The number of likely N-dealkylation sites (N-methyl/N-ethyl adjacent to an activating group) is 1. The first kappa shape index (κ1) is 15.0. The van der Waals surface area contributed by atoms with Crippen LogP contribution in [0.1, 0.15) is 30.4 Å². The van der Waals surface area contributed by atoms with Crippen LogP contribution in [-0.4, -0.2) is 42.2 Å². The summed E-state index contributed by atoms with van der Waals surface area (Å²) in [5, 5.41) is 12.3. The van der Waals surface area contributed by atoms with E-state index >= 15 is 0 Å². The number of rotatable bonds is 6. The molecule has 1 aliphatic rings. The van der Waals surface area contributed by atoms with E-state index in [0.717, 1.165) is 30.8 Å². The van der Waals surface area contributed by atoms with E-state index in [4.69, 9.17) is 5.11 Å². The standard InChI is InChI=1S/C16H24N2O2/c1-17-11-15-8-4-5-9-18(15)12-14-7-3-2-6-13(14)10-16(19)20/h2-3,6-7,15,17H,4-5,8-12H2,1H3,(H,19,20). The minimum atomic E-state index is -0.761. The summed E-state index contributed by atoms with van der Waals surface area (Å²) in [5.74, 6) is -0.761. The maximum Gasteiger partial charge on any atom is 0.307 e. The average molecular weight is 276 g/mol. The van der Waals surface area contributed by atoms with E-state index in [9.17, 15) is 4.79 Å². The highest BCUT2D eigenvalue weighted by Crippen LogP contribution is 2.21. The summed E-state index contributed by atoms with van der Waals surface area (Å²) in [6, 6.07) is 8.47. The summed E-state index contributed by atoms with van der Waals surface area (Å²) in [5.41, 5.74) is 2.09. The Labute approximate surface area is 120 Å². The van der Waals surface area contributed by atoms with Crippen molar-refractivity contribution in [1.29, 1.82) is 0 Å². The minimum absolute atomic E-state index is 0.112. The second-order valence-corrected chi connectivity index (χ2v) is 5.52. The fourth-order valence-corrected chi connectivity index (χ4v) is 3.00. The highest BCUT2D eigenvalue weighted by molar-refractivity contribution is 5.70. The summed E-state index contributed by atoms with van der Waals surface area (Å²) >= 11 is 0. The van der Waals surface area contributed by atoms with Crippen LogP contribution >= 0.6 is 0 Å². The molecule has 0 amide bonds. The molecule has 0 aromatic heterocycles. The number of carbonyl (C=O) groups is 1. The Bertz CT molecular complexity index is 446. The third-order valence-electron chi connectivity index (χ3n) is 4.02. The summed E-state index contributed by atoms with van der Waals surface area (Å²) in [4.78, 5) is 13.4. The number of hydrogen-bond acceptors (Lipinski definition) is 3. The van der Waals surface area contributed by atoms with Crippen molar-refractivity contribution >= 4 is 5.97 Å². The lowest BCUT2D eigenvalue weighted by Crippen LogP contribution is -2.44. The van der Waals surface area contributed by atoms with Crippen molar-refractivity contribution in [2.45, 2.75) is 38.3 Å². The normalized spacial score (nSPS) is 19.9. The van der Waals surface area contributed by atoms with Crippen molar-refractivity contribution in [3.05, 3.63) is 35.4 Å². The van der Waals surface area contributed by atoms with Gasteiger partial charge in [0.2, 0.25) is 0 Å². The van der Waals surface area contributed by atoms with Gasteiger partial charge in [0.25, 0.3) is 0 Å². The van der Waals surface area contributed by atoms with Gasteiger partial charge in [-0.15, -0.1) is 0 Å². The second-order valence-electron chi connectivity index (χ2n) is 5.52. The van der Waals surface area contributed by atoms with Crippen LogP contribution in [0, 0.1) is 0 Å². The molecule has 0 radical (unpaired) electrons. The molecule has 4 nitrogen and oxygen atoms in total. The zero-order valence-electron chi connectivity index (χ0n) is 12.1. The zero-order chi connectivity index (χ0) is 14.4. The molecule has 0 saturated carbocycles. The Morgan fingerprint density at radius 1 is 1.35 bits per heavy atom. The third-order valence-corrected chi connectivity index (χ3v) is 4.02. The summed E-state index contributed by atoms with van der Waals surface area (Å²) < 4.78 is 0. The van der Waals surface area contributed by atoms with Gasteiger partial charge in [-0.3, -0.25) is 9.69 Å². The Hall–Kier alpha value is -1.39. The van der Waals surface area contributed by atoms with Crippen LogP contribution in [0.4, 0.5) is 0 Å². The third kappa shape index (κ3) is 4.05. The first-order valence-electron chi connectivity index (χ1n) is 7.38. The largest absolute Gasteiger partial charge is 0.481 e. The highest BCUT2D eigenvalue weighted by atomic mass is 16.4. The van der Waals surface area contributed by atoms with Gasteiger partial charge in [-0.2, -0.15) is 0 Å². The molecule has 20 heavy (non-hydrogen) atoms. The molecular weight excluding hydrogens is 252 g/mol. The lowest BCUT2D eigenvalue weighted by atomic mass is 9.99. The molecule has 110 valence electrons. The van der Waals surface area contributed by atoms with Crippen LogP contribution in [-0.2, 0) is 17.8 Å². The van der Waals surface area contributed by atoms with E-state index in [0.29, 0.717) is 6.04 Å². The maximum atomic E-state index is 11.0. The van der Waals surface area contributed by atoms with Crippen molar-refractivity contribution in [3.8, 4) is 0 Å². The van der Waals surface area contributed by atoms with Crippen LogP contribution in [0.15, 0.2) is 24.3 Å². The van der Waals surface area contributed by atoms with Crippen molar-refractivity contribution in [1.82, 2.24) is 10.2 Å². The van der Waals surface area contributed by atoms with Crippen LogP contribution in [0.25, 0.3) is 0 Å². The fourth-order valence-electron chi connectivity index (χ4n) is 3.00. The first-order valence-corrected chi connectivity index (χ1v) is 7.38. The number of benzene rings is 1. The summed E-state index contributed by atoms with van der Waals surface area (Å²) in [6.07, 6.45) is 3.86. The van der Waals surface area contributed by atoms with Gasteiger partial charge in [-0.25, -0.2) is 0 Å². The molecule has 2 rings (SSSR count). The van der Waals surface area contributed by atoms with Crippen molar-refractivity contribution < 1.29 is 9.90 Å². The molecule has 0 aliphatic carbocycles. The van der Waals surface area contributed by atoms with E-state index in [2.05, 4.69) is 16.3 Å². The number of carboxylic acids is 1. The summed E-state index contributed by atoms with van der Waals surface area (Å²) in [7, 11) is 1.99. The van der Waals surface area contributed by atoms with Crippen molar-refractivity contribution in [2.24, 2.45) is 0 Å². The van der Waals surface area contributed by atoms with E-state index in [1.54, 1.807) is 0 Å². The molecule has 1 atom stereocenters. The molecule has 4 heteroatoms. The lowest BCUT2D eigenvalue weighted by molar-refractivity contribution is -0.136. The Morgan fingerprint density at radius 3 is 2.80 bits per heavy atom. The Balaban J connectivity index is 2.09. The van der Waals surface area contributed by atoms with E-state index in [1.165, 1.54) is 19.3 Å². The quantitative estimate of drug-likeness (QED) is 0.833. The van der Waals surface area contributed by atoms with Crippen molar-refractivity contribution in [2.75, 3.05) is 20.1 Å². The SMILES string of the molecule is CNCC1CCCCN1Cc1ccccc1CC(=O)O. The van der Waals surface area contributed by atoms with Crippen molar-refractivity contribution in [3.63, 3.8) is 0 Å². The predicted octanol–water partition coefficient (Wildman–Crippen LogP) is 1.89. The van der Waals surface area contributed by atoms with Crippen LogP contribution in [0.5, 0.6) is 0 Å². The van der Waals surface area contributed by atoms with Gasteiger partial charge < -0.3 is 10.4 Å². The maximum absolute atomic E-state index is 11.0. The van der Waals surface area contributed by atoms with Gasteiger partial charge in [0.15, 0.2) is 0 Å². The number of carboxylic acid groups (broad SMARTS) is 1. The number of piperidine rings is 1. The molecule has 1 aliphatic heterocycles. The summed E-state index contributed by atoms with van der Waals surface area (Å²) in [6.45, 7) is 2.96. The zero-order valence-corrected chi connectivity index (χ0v) is 12.1. The van der Waals surface area contributed by atoms with Gasteiger partial charge in [-0.1, -0.05) is 30.7 Å². The highest BCUT2D eigenvalue weighted by Gasteiger charge is 2.22. The smallest absolute Gasteiger partial charge is 0.307 e. The molecule has 1 aromatic carbocycles. The lowest BCUT2D eigenvalue weighted by Gasteiger charge is -2.36. The fraction of sp³-hybridized carbons (Fsp3) is 0.562. The number of aliphatic carboxylic acids is 1.